The molecule has 0 saturated heterocycles. The molecule has 0 atom stereocenters. The topological polar surface area (TPSA) is 79.3 Å². The Morgan fingerprint density at radius 3 is 2.27 bits per heavy atom. The summed E-state index contributed by atoms with van der Waals surface area (Å²) >= 11 is 0. The lowest BCUT2D eigenvalue weighted by atomic mass is 10.1. The second-order valence-electron chi connectivity index (χ2n) is 8.80. The second-order valence-corrected chi connectivity index (χ2v) is 8.80. The number of hydrogen-bond acceptors (Lipinski definition) is 3. The molecule has 0 aliphatic carbocycles. The van der Waals surface area contributed by atoms with Gasteiger partial charge in [-0.1, -0.05) is 67.1 Å². The van der Waals surface area contributed by atoms with Crippen LogP contribution in [0.4, 0.5) is 20.7 Å². The fourth-order valence-corrected chi connectivity index (χ4v) is 4.09. The average Bonchev–Trinajstić information content (AvgIpc) is 3.21. The van der Waals surface area contributed by atoms with Gasteiger partial charge < -0.3 is 15.5 Å². The third kappa shape index (κ3) is 6.03. The van der Waals surface area contributed by atoms with E-state index in [0.717, 1.165) is 28.1 Å². The molecule has 0 unspecified atom stereocenters. The molecule has 0 aliphatic heterocycles. The van der Waals surface area contributed by atoms with Crippen LogP contribution in [-0.2, 0) is 4.79 Å². The Labute approximate surface area is 215 Å². The molecule has 1 heterocycles. The van der Waals surface area contributed by atoms with Crippen LogP contribution < -0.4 is 10.6 Å². The van der Waals surface area contributed by atoms with Crippen LogP contribution in [0.3, 0.4) is 0 Å². The number of benzene rings is 3. The summed E-state index contributed by atoms with van der Waals surface area (Å²) < 4.78 is 15.8. The maximum atomic E-state index is 14.1. The van der Waals surface area contributed by atoms with Gasteiger partial charge in [-0.05, 0) is 50.1 Å². The maximum Gasteiger partial charge on any atom is 0.322 e. The zero-order valence-corrected chi connectivity index (χ0v) is 21.2. The van der Waals surface area contributed by atoms with Crippen molar-refractivity contribution in [3.63, 3.8) is 0 Å². The summed E-state index contributed by atoms with van der Waals surface area (Å²) in [5.74, 6) is -0.409. The molecule has 0 spiro atoms. The van der Waals surface area contributed by atoms with Crippen LogP contribution in [0.25, 0.3) is 16.8 Å². The Morgan fingerprint density at radius 2 is 1.59 bits per heavy atom. The van der Waals surface area contributed by atoms with Gasteiger partial charge in [-0.15, -0.1) is 0 Å². The van der Waals surface area contributed by atoms with E-state index in [0.29, 0.717) is 18.8 Å². The molecule has 37 heavy (non-hydrogen) atoms. The van der Waals surface area contributed by atoms with Crippen molar-refractivity contribution >= 4 is 23.4 Å². The monoisotopic (exact) mass is 499 g/mol. The van der Waals surface area contributed by atoms with Crippen molar-refractivity contribution < 1.29 is 14.0 Å². The van der Waals surface area contributed by atoms with Crippen LogP contribution in [0.5, 0.6) is 0 Å². The van der Waals surface area contributed by atoms with Crippen LogP contribution in [0.2, 0.25) is 0 Å². The number of aromatic nitrogens is 2. The summed E-state index contributed by atoms with van der Waals surface area (Å²) in [7, 11) is 0. The van der Waals surface area contributed by atoms with Gasteiger partial charge in [0, 0.05) is 12.1 Å². The molecule has 0 saturated carbocycles. The third-order valence-electron chi connectivity index (χ3n) is 5.89. The standard InChI is InChI=1S/C29H30FN5O2/c1-4-18-34(29(37)31-25-13-9-8-12-24(25)30)19-26(36)32-28-27(22-10-6-5-7-11-22)21(3)33-35(28)23-16-14-20(2)15-17-23/h5-17H,4,18-19H2,1-3H3,(H,31,37)(H,32,36). The molecule has 3 aromatic carbocycles. The molecule has 0 radical (unpaired) electrons. The first kappa shape index (κ1) is 25.6. The molecule has 1 aromatic heterocycles. The van der Waals surface area contributed by atoms with Gasteiger partial charge >= 0.3 is 6.03 Å². The molecule has 3 amide bonds. The SMILES string of the molecule is CCCN(CC(=O)Nc1c(-c2ccccc2)c(C)nn1-c1ccc(C)cc1)C(=O)Nc1ccccc1F. The van der Waals surface area contributed by atoms with Gasteiger partial charge in [-0.2, -0.15) is 5.10 Å². The first-order valence-electron chi connectivity index (χ1n) is 12.2. The number of carbonyl (C=O) groups excluding carboxylic acids is 2. The quantitative estimate of drug-likeness (QED) is 0.304. The number of para-hydroxylation sites is 1. The van der Waals surface area contributed by atoms with Gasteiger partial charge in [0.05, 0.1) is 17.1 Å². The van der Waals surface area contributed by atoms with Crippen molar-refractivity contribution in [3.8, 4) is 16.8 Å². The Bertz CT molecular complexity index is 1380. The van der Waals surface area contributed by atoms with Crippen LogP contribution in [0.15, 0.2) is 78.9 Å². The zero-order chi connectivity index (χ0) is 26.4. The largest absolute Gasteiger partial charge is 0.322 e. The van der Waals surface area contributed by atoms with E-state index >= 15 is 0 Å². The van der Waals surface area contributed by atoms with Gasteiger partial charge in [0.2, 0.25) is 5.91 Å². The number of aryl methyl sites for hydroxylation is 2. The predicted molar refractivity (Wildman–Crippen MR) is 144 cm³/mol. The smallest absolute Gasteiger partial charge is 0.315 e. The average molecular weight is 500 g/mol. The van der Waals surface area contributed by atoms with E-state index in [-0.39, 0.29) is 18.1 Å². The molecule has 4 rings (SSSR count). The van der Waals surface area contributed by atoms with Gasteiger partial charge in [-0.3, -0.25) is 4.79 Å². The van der Waals surface area contributed by atoms with Crippen molar-refractivity contribution in [3.05, 3.63) is 95.9 Å². The van der Waals surface area contributed by atoms with Crippen LogP contribution >= 0.6 is 0 Å². The molecule has 8 heteroatoms. The van der Waals surface area contributed by atoms with Crippen molar-refractivity contribution in [2.75, 3.05) is 23.7 Å². The van der Waals surface area contributed by atoms with E-state index in [1.165, 1.54) is 17.0 Å². The molecular formula is C29H30FN5O2. The highest BCUT2D eigenvalue weighted by Crippen LogP contribution is 2.33. The van der Waals surface area contributed by atoms with E-state index in [2.05, 4.69) is 10.6 Å². The van der Waals surface area contributed by atoms with Gasteiger partial charge in [-0.25, -0.2) is 13.9 Å². The lowest BCUT2D eigenvalue weighted by Gasteiger charge is -2.22. The first-order chi connectivity index (χ1) is 17.9. The highest BCUT2D eigenvalue weighted by atomic mass is 19.1. The van der Waals surface area contributed by atoms with E-state index < -0.39 is 11.8 Å². The number of nitrogens with zero attached hydrogens (tertiary/aromatic N) is 3. The molecule has 2 N–H and O–H groups in total. The zero-order valence-electron chi connectivity index (χ0n) is 21.2. The molecule has 4 aromatic rings. The van der Waals surface area contributed by atoms with E-state index in [1.54, 1.807) is 16.8 Å². The van der Waals surface area contributed by atoms with Gasteiger partial charge in [0.25, 0.3) is 0 Å². The number of hydrogen-bond donors (Lipinski definition) is 2. The molecule has 7 nitrogen and oxygen atoms in total. The highest BCUT2D eigenvalue weighted by molar-refractivity contribution is 5.99. The van der Waals surface area contributed by atoms with Gasteiger partial charge in [0.1, 0.15) is 18.2 Å². The molecule has 0 fully saturated rings. The van der Waals surface area contributed by atoms with Crippen LogP contribution in [-0.4, -0.2) is 39.7 Å². The lowest BCUT2D eigenvalue weighted by Crippen LogP contribution is -2.41. The first-order valence-corrected chi connectivity index (χ1v) is 12.2. The van der Waals surface area contributed by atoms with Crippen LogP contribution in [0.1, 0.15) is 24.6 Å². The number of rotatable bonds is 8. The number of nitrogens with one attached hydrogen (secondary N) is 2. The minimum atomic E-state index is -0.548. The van der Waals surface area contributed by atoms with Gasteiger partial charge in [0.15, 0.2) is 0 Å². The Balaban J connectivity index is 1.63. The number of anilines is 2. The molecule has 190 valence electrons. The predicted octanol–water partition coefficient (Wildman–Crippen LogP) is 6.18. The van der Waals surface area contributed by atoms with Crippen molar-refractivity contribution in [1.29, 1.82) is 0 Å². The summed E-state index contributed by atoms with van der Waals surface area (Å²) in [5.41, 5.74) is 4.44. The minimum absolute atomic E-state index is 0.0634. The molecule has 0 aliphatic rings. The van der Waals surface area contributed by atoms with Crippen molar-refractivity contribution in [2.45, 2.75) is 27.2 Å². The van der Waals surface area contributed by atoms with E-state index in [1.807, 2.05) is 75.4 Å². The van der Waals surface area contributed by atoms with Crippen molar-refractivity contribution in [2.24, 2.45) is 0 Å². The van der Waals surface area contributed by atoms with Crippen LogP contribution in [0, 0.1) is 19.7 Å². The number of carbonyl (C=O) groups is 2. The van der Waals surface area contributed by atoms with E-state index in [4.69, 9.17) is 5.10 Å². The van der Waals surface area contributed by atoms with E-state index in [9.17, 15) is 14.0 Å². The molecular weight excluding hydrogens is 469 g/mol. The summed E-state index contributed by atoms with van der Waals surface area (Å²) in [4.78, 5) is 27.6. The Kier molecular flexibility index (Phi) is 7.98. The highest BCUT2D eigenvalue weighted by Gasteiger charge is 2.23. The maximum absolute atomic E-state index is 14.1. The fourth-order valence-electron chi connectivity index (χ4n) is 4.09. The minimum Gasteiger partial charge on any atom is -0.315 e. The molecule has 0 bridgehead atoms. The summed E-state index contributed by atoms with van der Waals surface area (Å²) in [6.07, 6.45) is 0.633. The fraction of sp³-hybridized carbons (Fsp3) is 0.207. The summed E-state index contributed by atoms with van der Waals surface area (Å²) in [6, 6.07) is 22.9. The normalized spacial score (nSPS) is 10.7. The second kappa shape index (κ2) is 11.5. The third-order valence-corrected chi connectivity index (χ3v) is 5.89. The lowest BCUT2D eigenvalue weighted by molar-refractivity contribution is -0.116. The summed E-state index contributed by atoms with van der Waals surface area (Å²) in [6.45, 7) is 5.93. The Hall–Kier alpha value is -4.46. The number of urea groups is 1. The number of amides is 3. The van der Waals surface area contributed by atoms with Crippen molar-refractivity contribution in [1.82, 2.24) is 14.7 Å². The Morgan fingerprint density at radius 1 is 0.919 bits per heavy atom. The summed E-state index contributed by atoms with van der Waals surface area (Å²) in [5, 5.41) is 10.3. The number of halogens is 1.